The van der Waals surface area contributed by atoms with Crippen molar-refractivity contribution in [2.24, 2.45) is 7.05 Å². The van der Waals surface area contributed by atoms with Gasteiger partial charge in [0.05, 0.1) is 6.04 Å². The van der Waals surface area contributed by atoms with Gasteiger partial charge in [-0.3, -0.25) is 19.0 Å². The number of rotatable bonds is 6. The molecule has 0 radical (unpaired) electrons. The molecule has 2 amide bonds. The number of carbonyl (C=O) groups excluding carboxylic acids is 2. The normalized spacial score (nSPS) is 16.1. The summed E-state index contributed by atoms with van der Waals surface area (Å²) < 4.78 is 14.3. The van der Waals surface area contributed by atoms with Crippen LogP contribution in [-0.2, 0) is 20.0 Å². The number of piperazine rings is 1. The van der Waals surface area contributed by atoms with E-state index in [2.05, 4.69) is 15.2 Å². The number of aromatic hydroxyl groups is 1. The fraction of sp³-hybridized carbons (Fsp3) is 0.308. The number of carbonyl (C=O) groups is 2. The molecule has 1 aromatic heterocycles. The zero-order valence-corrected chi connectivity index (χ0v) is 20.1. The maximum atomic E-state index is 13.2. The van der Waals surface area contributed by atoms with E-state index in [0.717, 1.165) is 0 Å². The van der Waals surface area contributed by atoms with E-state index in [4.69, 9.17) is 0 Å². The molecule has 0 spiro atoms. The molecule has 0 bridgehead atoms. The first-order chi connectivity index (χ1) is 17.2. The van der Waals surface area contributed by atoms with E-state index in [9.17, 15) is 23.9 Å². The van der Waals surface area contributed by atoms with E-state index in [1.165, 1.54) is 35.9 Å². The predicted molar refractivity (Wildman–Crippen MR) is 131 cm³/mol. The molecule has 0 aliphatic carbocycles. The summed E-state index contributed by atoms with van der Waals surface area (Å²) >= 11 is 0. The van der Waals surface area contributed by atoms with Crippen LogP contribution in [0.3, 0.4) is 0 Å². The Balaban J connectivity index is 1.58. The molecular formula is C26H28FN5O4. The van der Waals surface area contributed by atoms with Crippen molar-refractivity contribution >= 4 is 11.8 Å². The molecule has 4 rings (SSSR count). The van der Waals surface area contributed by atoms with Crippen molar-refractivity contribution in [3.63, 3.8) is 0 Å². The van der Waals surface area contributed by atoms with Crippen molar-refractivity contribution in [2.45, 2.75) is 19.0 Å². The van der Waals surface area contributed by atoms with Gasteiger partial charge in [0.15, 0.2) is 5.69 Å². The van der Waals surface area contributed by atoms with E-state index in [1.54, 1.807) is 29.2 Å². The number of nitrogens with zero attached hydrogens (tertiary/aromatic N) is 4. The average molecular weight is 494 g/mol. The summed E-state index contributed by atoms with van der Waals surface area (Å²) in [6.07, 6.45) is 0.215. The molecule has 1 fully saturated rings. The second-order valence-corrected chi connectivity index (χ2v) is 8.88. The molecule has 9 nitrogen and oxygen atoms in total. The van der Waals surface area contributed by atoms with Gasteiger partial charge in [-0.25, -0.2) is 9.37 Å². The first-order valence-electron chi connectivity index (χ1n) is 11.6. The van der Waals surface area contributed by atoms with Crippen molar-refractivity contribution in [3.8, 4) is 5.75 Å². The van der Waals surface area contributed by atoms with Crippen LogP contribution in [0.4, 0.5) is 4.39 Å². The highest BCUT2D eigenvalue weighted by Gasteiger charge is 2.31. The number of amides is 2. The highest BCUT2D eigenvalue weighted by atomic mass is 19.1. The number of benzene rings is 2. The molecule has 188 valence electrons. The number of nitrogens with one attached hydrogen (secondary N) is 1. The zero-order valence-electron chi connectivity index (χ0n) is 20.1. The van der Waals surface area contributed by atoms with Crippen molar-refractivity contribution in [2.75, 3.05) is 26.7 Å². The monoisotopic (exact) mass is 493 g/mol. The second-order valence-electron chi connectivity index (χ2n) is 8.88. The van der Waals surface area contributed by atoms with Gasteiger partial charge >= 0.3 is 0 Å². The van der Waals surface area contributed by atoms with E-state index < -0.39 is 23.0 Å². The number of hydrogen-bond acceptors (Lipinski definition) is 6. The van der Waals surface area contributed by atoms with Crippen LogP contribution in [0.25, 0.3) is 0 Å². The standard InChI is InChI=1S/C26H28FN5O4/c1-30-12-13-32(25(35)18-6-4-3-5-7-18)20(16-30)14-21-29-22(23(33)26(36)31(21)2)24(34)28-15-17-8-10-19(27)11-9-17/h3-11,20,33H,12-16H2,1-2H3,(H,28,34). The van der Waals surface area contributed by atoms with Crippen molar-refractivity contribution in [1.29, 1.82) is 0 Å². The van der Waals surface area contributed by atoms with E-state index in [1.807, 2.05) is 13.1 Å². The summed E-state index contributed by atoms with van der Waals surface area (Å²) in [7, 11) is 3.43. The molecule has 1 aliphatic heterocycles. The molecule has 1 unspecified atom stereocenters. The zero-order chi connectivity index (χ0) is 25.8. The Kier molecular flexibility index (Phi) is 7.44. The maximum Gasteiger partial charge on any atom is 0.296 e. The van der Waals surface area contributed by atoms with Crippen LogP contribution < -0.4 is 10.9 Å². The molecule has 10 heteroatoms. The highest BCUT2D eigenvalue weighted by molar-refractivity contribution is 5.95. The molecule has 1 atom stereocenters. The van der Waals surface area contributed by atoms with Crippen molar-refractivity contribution < 1.29 is 19.1 Å². The molecule has 1 aliphatic rings. The Bertz CT molecular complexity index is 1310. The minimum atomic E-state index is -0.754. The maximum absolute atomic E-state index is 13.2. The minimum absolute atomic E-state index is 0.0670. The van der Waals surface area contributed by atoms with Gasteiger partial charge in [-0.15, -0.1) is 0 Å². The summed E-state index contributed by atoms with van der Waals surface area (Å²) in [6.45, 7) is 1.83. The summed E-state index contributed by atoms with van der Waals surface area (Å²) in [6, 6.07) is 14.3. The third-order valence-corrected chi connectivity index (χ3v) is 6.33. The second kappa shape index (κ2) is 10.7. The lowest BCUT2D eigenvalue weighted by molar-refractivity contribution is 0.0495. The first-order valence-corrected chi connectivity index (χ1v) is 11.6. The van der Waals surface area contributed by atoms with Crippen LogP contribution in [0.5, 0.6) is 5.75 Å². The Hall–Kier alpha value is -4.05. The van der Waals surface area contributed by atoms with Gasteiger partial charge in [0.1, 0.15) is 11.6 Å². The van der Waals surface area contributed by atoms with E-state index in [-0.39, 0.29) is 36.4 Å². The van der Waals surface area contributed by atoms with Crippen LogP contribution in [0.1, 0.15) is 32.2 Å². The molecule has 3 aromatic rings. The van der Waals surface area contributed by atoms with E-state index >= 15 is 0 Å². The van der Waals surface area contributed by atoms with Gasteiger partial charge < -0.3 is 20.2 Å². The van der Waals surface area contributed by atoms with Crippen LogP contribution in [0, 0.1) is 5.82 Å². The third kappa shape index (κ3) is 5.44. The van der Waals surface area contributed by atoms with Gasteiger partial charge in [-0.1, -0.05) is 30.3 Å². The third-order valence-electron chi connectivity index (χ3n) is 6.33. The number of aromatic nitrogens is 2. The SMILES string of the molecule is CN1CCN(C(=O)c2ccccc2)C(Cc2nc(C(=O)NCc3ccc(F)cc3)c(O)c(=O)n2C)C1. The summed E-state index contributed by atoms with van der Waals surface area (Å²) in [4.78, 5) is 46.9. The minimum Gasteiger partial charge on any atom is -0.501 e. The first kappa shape index (κ1) is 25.1. The number of halogens is 1. The summed E-state index contributed by atoms with van der Waals surface area (Å²) in [5.41, 5.74) is 0.0754. The van der Waals surface area contributed by atoms with Gasteiger partial charge in [0.2, 0.25) is 5.75 Å². The molecule has 0 saturated carbocycles. The Labute approximate surface area is 207 Å². The predicted octanol–water partition coefficient (Wildman–Crippen LogP) is 1.55. The lowest BCUT2D eigenvalue weighted by Gasteiger charge is -2.40. The number of likely N-dealkylation sites (N-methyl/N-ethyl adjacent to an activating group) is 1. The molecule has 36 heavy (non-hydrogen) atoms. The topological polar surface area (TPSA) is 108 Å². The van der Waals surface area contributed by atoms with Gasteiger partial charge in [-0.05, 0) is 36.9 Å². The smallest absolute Gasteiger partial charge is 0.296 e. The summed E-state index contributed by atoms with van der Waals surface area (Å²) in [5, 5.41) is 13.0. The average Bonchev–Trinajstić information content (AvgIpc) is 2.88. The fourth-order valence-corrected chi connectivity index (χ4v) is 4.25. The van der Waals surface area contributed by atoms with Crippen molar-refractivity contribution in [1.82, 2.24) is 24.7 Å². The van der Waals surface area contributed by atoms with Crippen LogP contribution in [-0.4, -0.2) is 69.0 Å². The van der Waals surface area contributed by atoms with Gasteiger partial charge in [0, 0.05) is 45.2 Å². The highest BCUT2D eigenvalue weighted by Crippen LogP contribution is 2.18. The van der Waals surface area contributed by atoms with E-state index in [0.29, 0.717) is 30.8 Å². The van der Waals surface area contributed by atoms with Crippen molar-refractivity contribution in [3.05, 3.63) is 93.4 Å². The molecule has 1 saturated heterocycles. The van der Waals surface area contributed by atoms with Crippen LogP contribution in [0.15, 0.2) is 59.4 Å². The molecule has 2 heterocycles. The lowest BCUT2D eigenvalue weighted by atomic mass is 10.1. The Morgan fingerprint density at radius 2 is 1.78 bits per heavy atom. The lowest BCUT2D eigenvalue weighted by Crippen LogP contribution is -2.55. The van der Waals surface area contributed by atoms with Crippen LogP contribution in [0.2, 0.25) is 0 Å². The van der Waals surface area contributed by atoms with Crippen LogP contribution >= 0.6 is 0 Å². The Morgan fingerprint density at radius 1 is 1.08 bits per heavy atom. The molecular weight excluding hydrogens is 465 g/mol. The molecule has 2 aromatic carbocycles. The van der Waals surface area contributed by atoms with Gasteiger partial charge in [-0.2, -0.15) is 0 Å². The molecule has 2 N–H and O–H groups in total. The quantitative estimate of drug-likeness (QED) is 0.540. The fourth-order valence-electron chi connectivity index (χ4n) is 4.25. The Morgan fingerprint density at radius 3 is 2.47 bits per heavy atom. The number of hydrogen-bond donors (Lipinski definition) is 2. The van der Waals surface area contributed by atoms with Gasteiger partial charge in [0.25, 0.3) is 17.4 Å². The largest absolute Gasteiger partial charge is 0.501 e. The summed E-state index contributed by atoms with van der Waals surface area (Å²) in [5.74, 6) is -1.72.